The fraction of sp³-hybridized carbons (Fsp3) is 0.750. The van der Waals surface area contributed by atoms with Crippen molar-refractivity contribution in [3.8, 4) is 0 Å². The van der Waals surface area contributed by atoms with Crippen LogP contribution in [-0.2, 0) is 20.8 Å². The van der Waals surface area contributed by atoms with Crippen molar-refractivity contribution in [1.29, 1.82) is 0 Å². The van der Waals surface area contributed by atoms with Crippen LogP contribution in [0.4, 0.5) is 0 Å². The lowest BCUT2D eigenvalue weighted by Crippen LogP contribution is -2.49. The van der Waals surface area contributed by atoms with Crippen molar-refractivity contribution < 1.29 is 14.2 Å². The summed E-state index contributed by atoms with van der Waals surface area (Å²) in [5, 5.41) is 0. The Balaban J connectivity index is 1.27. The van der Waals surface area contributed by atoms with E-state index in [1.54, 1.807) is 0 Å². The van der Waals surface area contributed by atoms with Crippen molar-refractivity contribution in [2.75, 3.05) is 39.5 Å². The maximum absolute atomic E-state index is 6.29. The summed E-state index contributed by atoms with van der Waals surface area (Å²) in [5.41, 5.74) is 1.01. The summed E-state index contributed by atoms with van der Waals surface area (Å²) < 4.78 is 17.9. The summed E-state index contributed by atoms with van der Waals surface area (Å²) in [4.78, 5) is 6.96. The third-order valence-corrected chi connectivity index (χ3v) is 5.84. The number of hydrogen-bond acceptors (Lipinski definition) is 5. The Labute approximate surface area is 150 Å². The molecule has 138 valence electrons. The van der Waals surface area contributed by atoms with E-state index in [4.69, 9.17) is 14.2 Å². The molecule has 25 heavy (non-hydrogen) atoms. The van der Waals surface area contributed by atoms with E-state index in [0.29, 0.717) is 6.61 Å². The van der Waals surface area contributed by atoms with Gasteiger partial charge in [-0.25, -0.2) is 0 Å². The Morgan fingerprint density at radius 3 is 3.04 bits per heavy atom. The predicted molar refractivity (Wildman–Crippen MR) is 95.3 cm³/mol. The molecule has 0 amide bonds. The van der Waals surface area contributed by atoms with E-state index in [9.17, 15) is 0 Å². The van der Waals surface area contributed by atoms with Gasteiger partial charge in [0.1, 0.15) is 0 Å². The second-order valence-corrected chi connectivity index (χ2v) is 7.85. The van der Waals surface area contributed by atoms with Crippen molar-refractivity contribution in [3.63, 3.8) is 0 Å². The zero-order valence-corrected chi connectivity index (χ0v) is 15.1. The molecule has 0 unspecified atom stereocenters. The monoisotopic (exact) mass is 346 g/mol. The summed E-state index contributed by atoms with van der Waals surface area (Å²) in [7, 11) is 0. The maximum atomic E-state index is 6.29. The van der Waals surface area contributed by atoms with Crippen LogP contribution in [0, 0.1) is 5.92 Å². The van der Waals surface area contributed by atoms with Crippen LogP contribution in [0.1, 0.15) is 37.8 Å². The van der Waals surface area contributed by atoms with E-state index in [1.165, 1.54) is 38.8 Å². The molecular weight excluding hydrogens is 316 g/mol. The zero-order chi connectivity index (χ0) is 17.0. The van der Waals surface area contributed by atoms with E-state index < -0.39 is 0 Å². The van der Waals surface area contributed by atoms with E-state index in [2.05, 4.69) is 9.88 Å². The van der Waals surface area contributed by atoms with Crippen LogP contribution in [0.15, 0.2) is 24.4 Å². The summed E-state index contributed by atoms with van der Waals surface area (Å²) in [6, 6.07) is 5.96. The van der Waals surface area contributed by atoms with E-state index in [1.807, 2.05) is 24.4 Å². The molecule has 3 saturated heterocycles. The normalized spacial score (nSPS) is 31.6. The molecule has 2 atom stereocenters. The number of hydrogen-bond donors (Lipinski definition) is 0. The first-order valence-electron chi connectivity index (χ1n) is 9.77. The molecule has 3 fully saturated rings. The van der Waals surface area contributed by atoms with Crippen LogP contribution >= 0.6 is 0 Å². The average molecular weight is 346 g/mol. The molecular formula is C20H30N2O3. The lowest BCUT2D eigenvalue weighted by molar-refractivity contribution is -0.0592. The fourth-order valence-corrected chi connectivity index (χ4v) is 4.52. The minimum Gasteiger partial charge on any atom is -0.381 e. The molecule has 1 aromatic rings. The zero-order valence-electron chi connectivity index (χ0n) is 15.1. The number of likely N-dealkylation sites (tertiary alicyclic amines) is 1. The molecule has 1 spiro atoms. The first kappa shape index (κ1) is 17.4. The number of aromatic nitrogens is 1. The highest BCUT2D eigenvalue weighted by Gasteiger charge is 2.44. The molecule has 0 bridgehead atoms. The predicted octanol–water partition coefficient (Wildman–Crippen LogP) is 2.65. The molecule has 1 aromatic heterocycles. The largest absolute Gasteiger partial charge is 0.381 e. The van der Waals surface area contributed by atoms with Gasteiger partial charge in [-0.1, -0.05) is 6.07 Å². The van der Waals surface area contributed by atoms with E-state index >= 15 is 0 Å². The van der Waals surface area contributed by atoms with Gasteiger partial charge in [0.05, 0.1) is 30.6 Å². The molecule has 5 heteroatoms. The lowest BCUT2D eigenvalue weighted by atomic mass is 9.88. The third kappa shape index (κ3) is 4.59. The van der Waals surface area contributed by atoms with Crippen molar-refractivity contribution in [1.82, 2.24) is 9.88 Å². The van der Waals surface area contributed by atoms with Crippen molar-refractivity contribution in [2.45, 2.75) is 50.4 Å². The van der Waals surface area contributed by atoms with Crippen LogP contribution in [0.3, 0.4) is 0 Å². The number of nitrogens with zero attached hydrogens (tertiary/aromatic N) is 2. The highest BCUT2D eigenvalue weighted by molar-refractivity contribution is 5.02. The van der Waals surface area contributed by atoms with Gasteiger partial charge in [0, 0.05) is 38.9 Å². The van der Waals surface area contributed by atoms with Gasteiger partial charge in [-0.3, -0.25) is 4.98 Å². The Bertz CT molecular complexity index is 535. The molecule has 5 nitrogen and oxygen atoms in total. The highest BCUT2D eigenvalue weighted by Crippen LogP contribution is 2.36. The van der Waals surface area contributed by atoms with Crippen LogP contribution in [0.5, 0.6) is 0 Å². The SMILES string of the molecule is c1ccc(CO[C@@H]2CO[C@@]3(CCCN(CC4CCOCC4)C3)C2)nc1. The van der Waals surface area contributed by atoms with Gasteiger partial charge < -0.3 is 19.1 Å². The number of rotatable bonds is 5. The molecule has 0 radical (unpaired) electrons. The van der Waals surface area contributed by atoms with Gasteiger partial charge in [0.15, 0.2) is 0 Å². The Hall–Kier alpha value is -1.01. The minimum atomic E-state index is 0.0121. The molecule has 4 heterocycles. The molecule has 3 aliphatic rings. The van der Waals surface area contributed by atoms with Gasteiger partial charge in [-0.05, 0) is 50.3 Å². The Morgan fingerprint density at radius 2 is 2.20 bits per heavy atom. The average Bonchev–Trinajstić information content (AvgIpc) is 3.04. The lowest BCUT2D eigenvalue weighted by Gasteiger charge is -2.41. The second kappa shape index (κ2) is 8.12. The molecule has 0 N–H and O–H groups in total. The Morgan fingerprint density at radius 1 is 1.28 bits per heavy atom. The van der Waals surface area contributed by atoms with Crippen molar-refractivity contribution >= 4 is 0 Å². The maximum Gasteiger partial charge on any atom is 0.0892 e. The molecule has 4 rings (SSSR count). The first-order chi connectivity index (χ1) is 12.3. The van der Waals surface area contributed by atoms with E-state index in [-0.39, 0.29) is 11.7 Å². The summed E-state index contributed by atoms with van der Waals surface area (Å²) in [6.45, 7) is 6.64. The molecule has 0 aliphatic carbocycles. The minimum absolute atomic E-state index is 0.0121. The van der Waals surface area contributed by atoms with Crippen LogP contribution in [-0.4, -0.2) is 61.0 Å². The van der Waals surface area contributed by atoms with E-state index in [0.717, 1.165) is 44.4 Å². The molecule has 3 aliphatic heterocycles. The molecule has 0 saturated carbocycles. The molecule has 0 aromatic carbocycles. The summed E-state index contributed by atoms with van der Waals surface area (Å²) in [5.74, 6) is 0.793. The standard InChI is InChI=1S/C20H30N2O3/c1-2-8-21-18(4-1)14-24-19-12-20(25-15-19)7-3-9-22(16-20)13-17-5-10-23-11-6-17/h1-2,4,8,17,19H,3,5-7,9-16H2/t19-,20-/m0/s1. The first-order valence-corrected chi connectivity index (χ1v) is 9.77. The van der Waals surface area contributed by atoms with Crippen molar-refractivity contribution in [2.24, 2.45) is 5.92 Å². The number of ether oxygens (including phenoxy) is 3. The number of piperidine rings is 1. The Kier molecular flexibility index (Phi) is 5.66. The van der Waals surface area contributed by atoms with Gasteiger partial charge in [0.2, 0.25) is 0 Å². The summed E-state index contributed by atoms with van der Waals surface area (Å²) >= 11 is 0. The van der Waals surface area contributed by atoms with Crippen LogP contribution < -0.4 is 0 Å². The third-order valence-electron chi connectivity index (χ3n) is 5.84. The fourth-order valence-electron chi connectivity index (χ4n) is 4.52. The van der Waals surface area contributed by atoms with Gasteiger partial charge in [0.25, 0.3) is 0 Å². The van der Waals surface area contributed by atoms with Gasteiger partial charge in [-0.2, -0.15) is 0 Å². The highest BCUT2D eigenvalue weighted by atomic mass is 16.6. The van der Waals surface area contributed by atoms with Crippen molar-refractivity contribution in [3.05, 3.63) is 30.1 Å². The number of pyridine rings is 1. The van der Waals surface area contributed by atoms with Crippen LogP contribution in [0.25, 0.3) is 0 Å². The topological polar surface area (TPSA) is 43.8 Å². The smallest absolute Gasteiger partial charge is 0.0892 e. The van der Waals surface area contributed by atoms with Gasteiger partial charge >= 0.3 is 0 Å². The quantitative estimate of drug-likeness (QED) is 0.820. The van der Waals surface area contributed by atoms with Gasteiger partial charge in [-0.15, -0.1) is 0 Å². The summed E-state index contributed by atoms with van der Waals surface area (Å²) in [6.07, 6.45) is 7.85. The second-order valence-electron chi connectivity index (χ2n) is 7.85. The van der Waals surface area contributed by atoms with Crippen LogP contribution in [0.2, 0.25) is 0 Å².